The topological polar surface area (TPSA) is 125 Å². The molecule has 9 heteroatoms. The largest absolute Gasteiger partial charge is 0.508 e. The molecule has 1 aliphatic carbocycles. The molecule has 2 aromatic carbocycles. The maximum atomic E-state index is 12.5. The van der Waals surface area contributed by atoms with Gasteiger partial charge in [-0.15, -0.1) is 0 Å². The Labute approximate surface area is 167 Å². The van der Waals surface area contributed by atoms with Gasteiger partial charge in [0.25, 0.3) is 0 Å². The number of sulfonamides is 1. The Bertz CT molecular complexity index is 1210. The van der Waals surface area contributed by atoms with E-state index in [2.05, 4.69) is 5.10 Å². The highest BCUT2D eigenvalue weighted by atomic mass is 32.2. The molecule has 3 aromatic rings. The van der Waals surface area contributed by atoms with Gasteiger partial charge in [0.2, 0.25) is 10.0 Å². The Morgan fingerprint density at radius 1 is 1.21 bits per heavy atom. The van der Waals surface area contributed by atoms with Gasteiger partial charge >= 0.3 is 5.97 Å². The van der Waals surface area contributed by atoms with Gasteiger partial charge in [-0.2, -0.15) is 5.10 Å². The van der Waals surface area contributed by atoms with Crippen LogP contribution >= 0.6 is 0 Å². The number of carbonyl (C=O) groups excluding carboxylic acids is 1. The summed E-state index contributed by atoms with van der Waals surface area (Å²) < 4.78 is 29.9. The summed E-state index contributed by atoms with van der Waals surface area (Å²) >= 11 is 0. The molecule has 0 saturated heterocycles. The molecular weight excluding hydrogens is 394 g/mol. The first-order valence-corrected chi connectivity index (χ1v) is 10.6. The summed E-state index contributed by atoms with van der Waals surface area (Å²) in [4.78, 5) is 12.5. The Morgan fingerprint density at radius 3 is 2.59 bits per heavy atom. The third-order valence-corrected chi connectivity index (χ3v) is 5.78. The van der Waals surface area contributed by atoms with Gasteiger partial charge in [0, 0.05) is 11.1 Å². The molecule has 0 radical (unpaired) electrons. The molecule has 8 nitrogen and oxygen atoms in total. The molecule has 150 valence electrons. The van der Waals surface area contributed by atoms with Crippen LogP contribution in [0.25, 0.3) is 16.9 Å². The van der Waals surface area contributed by atoms with Gasteiger partial charge in [-0.05, 0) is 67.8 Å². The molecular formula is C20H19N3O5S. The van der Waals surface area contributed by atoms with E-state index in [1.807, 2.05) is 0 Å². The summed E-state index contributed by atoms with van der Waals surface area (Å²) in [5, 5.41) is 19.5. The first-order chi connectivity index (χ1) is 13.8. The van der Waals surface area contributed by atoms with Gasteiger partial charge < -0.3 is 9.84 Å². The fourth-order valence-corrected chi connectivity index (χ4v) is 4.08. The predicted octanol–water partition coefficient (Wildman–Crippen LogP) is 2.17. The summed E-state index contributed by atoms with van der Waals surface area (Å²) in [6.45, 7) is 1.96. The number of fused-ring (bicyclic) bond motifs is 3. The second-order valence-corrected chi connectivity index (χ2v) is 8.25. The second-order valence-electron chi connectivity index (χ2n) is 6.69. The summed E-state index contributed by atoms with van der Waals surface area (Å²) in [5.41, 5.74) is 4.08. The van der Waals surface area contributed by atoms with E-state index in [4.69, 9.17) is 9.88 Å². The molecule has 4 rings (SSSR count). The van der Waals surface area contributed by atoms with Crippen LogP contribution in [0.3, 0.4) is 0 Å². The van der Waals surface area contributed by atoms with E-state index in [9.17, 15) is 18.3 Å². The molecule has 29 heavy (non-hydrogen) atoms. The first-order valence-electron chi connectivity index (χ1n) is 9.04. The van der Waals surface area contributed by atoms with Crippen molar-refractivity contribution in [1.82, 2.24) is 9.78 Å². The van der Waals surface area contributed by atoms with Crippen molar-refractivity contribution in [2.24, 2.45) is 5.14 Å². The molecule has 1 heterocycles. The van der Waals surface area contributed by atoms with Gasteiger partial charge in [0.1, 0.15) is 5.75 Å². The molecule has 0 unspecified atom stereocenters. The van der Waals surface area contributed by atoms with E-state index in [0.29, 0.717) is 18.5 Å². The number of aryl methyl sites for hydroxylation is 1. The monoisotopic (exact) mass is 413 g/mol. The minimum atomic E-state index is -3.82. The number of aromatic nitrogens is 2. The summed E-state index contributed by atoms with van der Waals surface area (Å²) in [6, 6.07) is 11.0. The highest BCUT2D eigenvalue weighted by Gasteiger charge is 2.29. The zero-order valence-corrected chi connectivity index (χ0v) is 16.4. The standard InChI is InChI=1S/C20H19N3O5S/c1-2-28-20(25)18-17-9-3-12-11-14(24)6-10-16(12)19(17)23(22-18)13-4-7-15(8-5-13)29(21,26)27/h4-8,10-11,24H,2-3,9H2,1H3,(H2,21,26,27). The average molecular weight is 413 g/mol. The zero-order chi connectivity index (χ0) is 20.8. The van der Waals surface area contributed by atoms with Crippen LogP contribution in [-0.4, -0.2) is 35.9 Å². The van der Waals surface area contributed by atoms with Crippen LogP contribution in [0.1, 0.15) is 28.5 Å². The highest BCUT2D eigenvalue weighted by Crippen LogP contribution is 2.38. The van der Waals surface area contributed by atoms with Crippen LogP contribution in [0, 0.1) is 0 Å². The van der Waals surface area contributed by atoms with E-state index in [1.54, 1.807) is 41.9 Å². The van der Waals surface area contributed by atoms with E-state index < -0.39 is 16.0 Å². The third kappa shape index (κ3) is 3.39. The highest BCUT2D eigenvalue weighted by molar-refractivity contribution is 7.89. The van der Waals surface area contributed by atoms with Crippen molar-refractivity contribution in [3.8, 4) is 22.7 Å². The number of rotatable bonds is 4. The number of carbonyl (C=O) groups is 1. The second kappa shape index (κ2) is 7.02. The number of hydrogen-bond donors (Lipinski definition) is 2. The predicted molar refractivity (Wildman–Crippen MR) is 105 cm³/mol. The maximum Gasteiger partial charge on any atom is 0.359 e. The molecule has 0 fully saturated rings. The van der Waals surface area contributed by atoms with Gasteiger partial charge in [0.05, 0.1) is 22.9 Å². The van der Waals surface area contributed by atoms with Crippen LogP contribution in [-0.2, 0) is 27.6 Å². The first kappa shape index (κ1) is 19.2. The summed E-state index contributed by atoms with van der Waals surface area (Å²) in [7, 11) is -3.82. The lowest BCUT2D eigenvalue weighted by Crippen LogP contribution is -2.12. The molecule has 1 aromatic heterocycles. The molecule has 3 N–H and O–H groups in total. The minimum absolute atomic E-state index is 0.0155. The quantitative estimate of drug-likeness (QED) is 0.632. The Balaban J connectivity index is 1.93. The van der Waals surface area contributed by atoms with Crippen molar-refractivity contribution in [3.05, 3.63) is 59.3 Å². The maximum absolute atomic E-state index is 12.5. The van der Waals surface area contributed by atoms with Crippen molar-refractivity contribution >= 4 is 16.0 Å². The minimum Gasteiger partial charge on any atom is -0.508 e. The smallest absolute Gasteiger partial charge is 0.359 e. The van der Waals surface area contributed by atoms with Crippen molar-refractivity contribution < 1.29 is 23.1 Å². The molecule has 0 amide bonds. The average Bonchev–Trinajstić information content (AvgIpc) is 3.07. The van der Waals surface area contributed by atoms with E-state index >= 15 is 0 Å². The summed E-state index contributed by atoms with van der Waals surface area (Å²) in [5.74, 6) is -0.340. The lowest BCUT2D eigenvalue weighted by molar-refractivity contribution is 0.0517. The van der Waals surface area contributed by atoms with Gasteiger partial charge in [0.15, 0.2) is 5.69 Å². The molecule has 0 bridgehead atoms. The van der Waals surface area contributed by atoms with E-state index in [0.717, 1.165) is 22.4 Å². The SMILES string of the molecule is CCOC(=O)c1nn(-c2ccc(S(N)(=O)=O)cc2)c2c1CCc1cc(O)ccc1-2. The number of hydrogen-bond acceptors (Lipinski definition) is 6. The molecule has 1 aliphatic rings. The molecule has 0 saturated carbocycles. The number of phenols is 1. The number of nitrogens with zero attached hydrogens (tertiary/aromatic N) is 2. The fourth-order valence-electron chi connectivity index (χ4n) is 3.57. The van der Waals surface area contributed by atoms with E-state index in [-0.39, 0.29) is 22.9 Å². The number of primary sulfonamides is 1. The Morgan fingerprint density at radius 2 is 1.93 bits per heavy atom. The van der Waals surface area contributed by atoms with Crippen LogP contribution < -0.4 is 5.14 Å². The van der Waals surface area contributed by atoms with Crippen molar-refractivity contribution in [2.45, 2.75) is 24.7 Å². The third-order valence-electron chi connectivity index (χ3n) is 4.85. The number of esters is 1. The number of nitrogens with two attached hydrogens (primary N) is 1. The number of aromatic hydroxyl groups is 1. The van der Waals surface area contributed by atoms with Crippen LogP contribution in [0.4, 0.5) is 0 Å². The normalized spacial score (nSPS) is 12.9. The Kier molecular flexibility index (Phi) is 4.64. The van der Waals surface area contributed by atoms with Gasteiger partial charge in [-0.25, -0.2) is 23.0 Å². The number of phenolic OH excluding ortho intramolecular Hbond substituents is 1. The van der Waals surface area contributed by atoms with Gasteiger partial charge in [-0.1, -0.05) is 0 Å². The molecule has 0 spiro atoms. The lowest BCUT2D eigenvalue weighted by atomic mass is 9.88. The fraction of sp³-hybridized carbons (Fsp3) is 0.200. The molecule has 0 atom stereocenters. The van der Waals surface area contributed by atoms with Crippen LogP contribution in [0.5, 0.6) is 5.75 Å². The zero-order valence-electron chi connectivity index (χ0n) is 15.6. The van der Waals surface area contributed by atoms with Crippen LogP contribution in [0.2, 0.25) is 0 Å². The number of benzene rings is 2. The Hall–Kier alpha value is -3.17. The number of ether oxygens (including phenoxy) is 1. The van der Waals surface area contributed by atoms with Crippen molar-refractivity contribution in [2.75, 3.05) is 6.61 Å². The van der Waals surface area contributed by atoms with Crippen LogP contribution in [0.15, 0.2) is 47.4 Å². The van der Waals surface area contributed by atoms with Crippen molar-refractivity contribution in [1.29, 1.82) is 0 Å². The van der Waals surface area contributed by atoms with E-state index in [1.165, 1.54) is 12.1 Å². The van der Waals surface area contributed by atoms with Gasteiger partial charge in [-0.3, -0.25) is 0 Å². The van der Waals surface area contributed by atoms with Crippen molar-refractivity contribution in [3.63, 3.8) is 0 Å². The molecule has 0 aliphatic heterocycles. The lowest BCUT2D eigenvalue weighted by Gasteiger charge is -2.19. The summed E-state index contributed by atoms with van der Waals surface area (Å²) in [6.07, 6.45) is 1.22.